The Bertz CT molecular complexity index is 540. The molecular weight excluding hydrogens is 240 g/mol. The second-order valence-corrected chi connectivity index (χ2v) is 4.22. The molecule has 1 aromatic heterocycles. The predicted octanol–water partition coefficient (Wildman–Crippen LogP) is 2.04. The van der Waals surface area contributed by atoms with Gasteiger partial charge in [-0.25, -0.2) is 9.97 Å². The van der Waals surface area contributed by atoms with Gasteiger partial charge < -0.3 is 15.8 Å². The molecule has 2 aromatic rings. The number of anilines is 2. The van der Waals surface area contributed by atoms with Crippen LogP contribution in [0, 0.1) is 6.92 Å². The molecule has 0 amide bonds. The van der Waals surface area contributed by atoms with Crippen molar-refractivity contribution in [1.29, 1.82) is 0 Å². The summed E-state index contributed by atoms with van der Waals surface area (Å²) in [7, 11) is 1.60. The Morgan fingerprint density at radius 3 is 2.58 bits per heavy atom. The summed E-state index contributed by atoms with van der Waals surface area (Å²) in [6.45, 7) is 2.58. The smallest absolute Gasteiger partial charge is 0.221 e. The fourth-order valence-corrected chi connectivity index (χ4v) is 1.82. The maximum Gasteiger partial charge on any atom is 0.221 e. The molecule has 5 heteroatoms. The third kappa shape index (κ3) is 3.20. The molecule has 0 aliphatic rings. The van der Waals surface area contributed by atoms with E-state index in [1.54, 1.807) is 7.11 Å². The number of ether oxygens (including phenoxy) is 1. The van der Waals surface area contributed by atoms with Gasteiger partial charge in [-0.05, 0) is 37.6 Å². The number of benzene rings is 1. The van der Waals surface area contributed by atoms with Crippen molar-refractivity contribution in [2.24, 2.45) is 5.73 Å². The molecule has 0 fully saturated rings. The van der Waals surface area contributed by atoms with E-state index in [0.717, 1.165) is 23.5 Å². The van der Waals surface area contributed by atoms with E-state index in [0.29, 0.717) is 12.4 Å². The van der Waals surface area contributed by atoms with Crippen LogP contribution in [0.2, 0.25) is 0 Å². The number of nitrogens with zero attached hydrogens (tertiary/aromatic N) is 2. The highest BCUT2D eigenvalue weighted by Crippen LogP contribution is 2.23. The van der Waals surface area contributed by atoms with Crippen molar-refractivity contribution in [3.8, 4) is 5.88 Å². The normalized spacial score (nSPS) is 10.3. The lowest BCUT2D eigenvalue weighted by molar-refractivity contribution is 0.394. The number of rotatable bonds is 5. The third-order valence-corrected chi connectivity index (χ3v) is 2.88. The number of nitrogens with one attached hydrogen (secondary N) is 1. The molecule has 2 rings (SSSR count). The van der Waals surface area contributed by atoms with Crippen molar-refractivity contribution >= 4 is 11.5 Å². The summed E-state index contributed by atoms with van der Waals surface area (Å²) in [6.07, 6.45) is 2.37. The molecule has 1 aromatic carbocycles. The fraction of sp³-hybridized carbons (Fsp3) is 0.286. The van der Waals surface area contributed by atoms with Gasteiger partial charge in [-0.1, -0.05) is 12.1 Å². The van der Waals surface area contributed by atoms with E-state index in [1.165, 1.54) is 11.9 Å². The zero-order valence-electron chi connectivity index (χ0n) is 11.2. The average Bonchev–Trinajstić information content (AvgIpc) is 2.43. The van der Waals surface area contributed by atoms with Crippen LogP contribution in [0.3, 0.4) is 0 Å². The summed E-state index contributed by atoms with van der Waals surface area (Å²) in [6, 6.07) is 8.14. The predicted molar refractivity (Wildman–Crippen MR) is 75.8 cm³/mol. The quantitative estimate of drug-likeness (QED) is 0.858. The lowest BCUT2D eigenvalue weighted by Gasteiger charge is -2.10. The Hall–Kier alpha value is -2.14. The van der Waals surface area contributed by atoms with Gasteiger partial charge in [-0.3, -0.25) is 0 Å². The van der Waals surface area contributed by atoms with Gasteiger partial charge >= 0.3 is 0 Å². The Balaban J connectivity index is 2.16. The molecule has 19 heavy (non-hydrogen) atoms. The summed E-state index contributed by atoms with van der Waals surface area (Å²) in [5.74, 6) is 1.33. The van der Waals surface area contributed by atoms with E-state index in [2.05, 4.69) is 27.4 Å². The van der Waals surface area contributed by atoms with Crippen molar-refractivity contribution in [2.75, 3.05) is 19.0 Å². The van der Waals surface area contributed by atoms with E-state index >= 15 is 0 Å². The molecule has 0 radical (unpaired) electrons. The van der Waals surface area contributed by atoms with Gasteiger partial charge in [0.25, 0.3) is 0 Å². The Morgan fingerprint density at radius 1 is 1.21 bits per heavy atom. The van der Waals surface area contributed by atoms with Crippen molar-refractivity contribution in [1.82, 2.24) is 9.97 Å². The zero-order chi connectivity index (χ0) is 13.7. The van der Waals surface area contributed by atoms with Gasteiger partial charge in [0.15, 0.2) is 0 Å². The average molecular weight is 258 g/mol. The molecule has 0 atom stereocenters. The van der Waals surface area contributed by atoms with Crippen LogP contribution < -0.4 is 15.8 Å². The van der Waals surface area contributed by atoms with Gasteiger partial charge in [-0.15, -0.1) is 0 Å². The first-order valence-corrected chi connectivity index (χ1v) is 6.16. The third-order valence-electron chi connectivity index (χ3n) is 2.88. The molecule has 5 nitrogen and oxygen atoms in total. The molecule has 0 spiro atoms. The first-order chi connectivity index (χ1) is 9.24. The maximum atomic E-state index is 5.53. The van der Waals surface area contributed by atoms with Crippen LogP contribution in [0.25, 0.3) is 0 Å². The Labute approximate surface area is 112 Å². The minimum atomic E-state index is 0.581. The lowest BCUT2D eigenvalue weighted by atomic mass is 10.1. The zero-order valence-corrected chi connectivity index (χ0v) is 11.2. The molecule has 3 N–H and O–H groups in total. The van der Waals surface area contributed by atoms with Crippen LogP contribution in [-0.4, -0.2) is 23.6 Å². The monoisotopic (exact) mass is 258 g/mol. The largest absolute Gasteiger partial charge is 0.481 e. The molecule has 100 valence electrons. The first kappa shape index (κ1) is 13.3. The van der Waals surface area contributed by atoms with Crippen LogP contribution in [0.15, 0.2) is 30.6 Å². The minimum Gasteiger partial charge on any atom is -0.481 e. The van der Waals surface area contributed by atoms with Gasteiger partial charge in [0, 0.05) is 5.69 Å². The lowest BCUT2D eigenvalue weighted by Crippen LogP contribution is -2.03. The summed E-state index contributed by atoms with van der Waals surface area (Å²) in [5, 5.41) is 3.25. The van der Waals surface area contributed by atoms with Gasteiger partial charge in [0.05, 0.1) is 12.7 Å². The van der Waals surface area contributed by atoms with Crippen LogP contribution in [0.4, 0.5) is 11.5 Å². The summed E-state index contributed by atoms with van der Waals surface area (Å²) < 4.78 is 5.17. The van der Waals surface area contributed by atoms with E-state index in [1.807, 2.05) is 19.1 Å². The van der Waals surface area contributed by atoms with E-state index in [9.17, 15) is 0 Å². The van der Waals surface area contributed by atoms with Crippen LogP contribution in [-0.2, 0) is 6.42 Å². The van der Waals surface area contributed by atoms with Gasteiger partial charge in [0.1, 0.15) is 12.1 Å². The summed E-state index contributed by atoms with van der Waals surface area (Å²) in [4.78, 5) is 8.27. The Morgan fingerprint density at radius 2 is 1.95 bits per heavy atom. The number of aromatic nitrogens is 2. The Kier molecular flexibility index (Phi) is 4.30. The van der Waals surface area contributed by atoms with Crippen LogP contribution in [0.5, 0.6) is 5.88 Å². The molecule has 0 bridgehead atoms. The highest BCUT2D eigenvalue weighted by Gasteiger charge is 2.07. The maximum absolute atomic E-state index is 5.53. The first-order valence-electron chi connectivity index (χ1n) is 6.16. The fourth-order valence-electron chi connectivity index (χ4n) is 1.82. The number of methoxy groups -OCH3 is 1. The van der Waals surface area contributed by atoms with Crippen LogP contribution >= 0.6 is 0 Å². The molecular formula is C14H18N4O. The van der Waals surface area contributed by atoms with Gasteiger partial charge in [0.2, 0.25) is 5.88 Å². The van der Waals surface area contributed by atoms with Crippen molar-refractivity contribution in [3.63, 3.8) is 0 Å². The van der Waals surface area contributed by atoms with Crippen molar-refractivity contribution in [3.05, 3.63) is 41.7 Å². The number of nitrogens with two attached hydrogens (primary N) is 1. The van der Waals surface area contributed by atoms with E-state index < -0.39 is 0 Å². The highest BCUT2D eigenvalue weighted by molar-refractivity contribution is 5.60. The molecule has 0 aliphatic heterocycles. The standard InChI is InChI=1S/C14H18N4O/c1-10-13(16-9-17-14(10)19-2)18-12-5-3-11(4-6-12)7-8-15/h3-6,9H,7-8,15H2,1-2H3,(H,16,17,18). The van der Waals surface area contributed by atoms with Gasteiger partial charge in [-0.2, -0.15) is 0 Å². The topological polar surface area (TPSA) is 73.1 Å². The minimum absolute atomic E-state index is 0.581. The SMILES string of the molecule is COc1ncnc(Nc2ccc(CCN)cc2)c1C. The van der Waals surface area contributed by atoms with Crippen LogP contribution in [0.1, 0.15) is 11.1 Å². The second kappa shape index (κ2) is 6.15. The van der Waals surface area contributed by atoms with E-state index in [-0.39, 0.29) is 0 Å². The highest BCUT2D eigenvalue weighted by atomic mass is 16.5. The van der Waals surface area contributed by atoms with E-state index in [4.69, 9.17) is 10.5 Å². The summed E-state index contributed by atoms with van der Waals surface area (Å²) >= 11 is 0. The molecule has 0 aliphatic carbocycles. The van der Waals surface area contributed by atoms with Crippen molar-refractivity contribution < 1.29 is 4.74 Å². The number of hydrogen-bond acceptors (Lipinski definition) is 5. The number of hydrogen-bond donors (Lipinski definition) is 2. The molecule has 1 heterocycles. The molecule has 0 unspecified atom stereocenters. The summed E-state index contributed by atoms with van der Waals surface area (Å²) in [5.41, 5.74) is 8.62. The molecule has 0 saturated carbocycles. The van der Waals surface area contributed by atoms with Crippen molar-refractivity contribution in [2.45, 2.75) is 13.3 Å². The molecule has 0 saturated heterocycles. The second-order valence-electron chi connectivity index (χ2n) is 4.22.